The lowest BCUT2D eigenvalue weighted by Gasteiger charge is -2.15. The second-order valence-electron chi connectivity index (χ2n) is 4.37. The number of carbonyl (C=O) groups is 2. The summed E-state index contributed by atoms with van der Waals surface area (Å²) in [6, 6.07) is 7.68. The van der Waals surface area contributed by atoms with Gasteiger partial charge in [-0.2, -0.15) is 0 Å². The predicted octanol–water partition coefficient (Wildman–Crippen LogP) is 2.23. The summed E-state index contributed by atoms with van der Waals surface area (Å²) < 4.78 is 0. The minimum absolute atomic E-state index is 0.0845. The first kappa shape index (κ1) is 11.5. The number of hydrogen-bond donors (Lipinski definition) is 0. The summed E-state index contributed by atoms with van der Waals surface area (Å²) in [5, 5.41) is 0.865. The van der Waals surface area contributed by atoms with Crippen molar-refractivity contribution in [2.45, 2.75) is 13.3 Å². The first-order valence-electron chi connectivity index (χ1n) is 6.01. The second-order valence-corrected chi connectivity index (χ2v) is 5.34. The van der Waals surface area contributed by atoms with E-state index in [9.17, 15) is 9.59 Å². The standard InChI is InChI=1S/C14H13NO2S/c1-2-15-12(16)8-18-14(15)11-7-9-5-3-4-6-10(9)13(11)17/h3-6H,2,7-8H2,1H3. The topological polar surface area (TPSA) is 37.4 Å². The van der Waals surface area contributed by atoms with Gasteiger partial charge in [-0.05, 0) is 12.5 Å². The Morgan fingerprint density at radius 1 is 1.28 bits per heavy atom. The van der Waals surface area contributed by atoms with Crippen molar-refractivity contribution >= 4 is 23.5 Å². The summed E-state index contributed by atoms with van der Waals surface area (Å²) in [7, 11) is 0. The SMILES string of the molecule is CCN1C(=O)CSC1=C1Cc2ccccc2C1=O. The van der Waals surface area contributed by atoms with Crippen LogP contribution in [0.25, 0.3) is 0 Å². The second kappa shape index (κ2) is 4.28. The van der Waals surface area contributed by atoms with Crippen LogP contribution in [0.5, 0.6) is 0 Å². The number of nitrogens with zero attached hydrogens (tertiary/aromatic N) is 1. The van der Waals surface area contributed by atoms with Gasteiger partial charge in [0.2, 0.25) is 5.91 Å². The average Bonchev–Trinajstić information content (AvgIpc) is 2.91. The van der Waals surface area contributed by atoms with E-state index < -0.39 is 0 Å². The maximum atomic E-state index is 12.3. The molecule has 0 atom stereocenters. The fourth-order valence-corrected chi connectivity index (χ4v) is 3.61. The third kappa shape index (κ3) is 1.60. The van der Waals surface area contributed by atoms with Gasteiger partial charge in [0.25, 0.3) is 0 Å². The van der Waals surface area contributed by atoms with Crippen LogP contribution in [-0.2, 0) is 11.2 Å². The average molecular weight is 259 g/mol. The molecule has 0 bridgehead atoms. The first-order chi connectivity index (χ1) is 8.72. The molecule has 92 valence electrons. The number of hydrogen-bond acceptors (Lipinski definition) is 3. The van der Waals surface area contributed by atoms with Gasteiger partial charge in [0, 0.05) is 24.1 Å². The van der Waals surface area contributed by atoms with Crippen molar-refractivity contribution in [1.29, 1.82) is 0 Å². The van der Waals surface area contributed by atoms with E-state index >= 15 is 0 Å². The van der Waals surface area contributed by atoms with E-state index in [4.69, 9.17) is 0 Å². The molecule has 0 radical (unpaired) electrons. The Morgan fingerprint density at radius 3 is 2.78 bits per heavy atom. The number of benzene rings is 1. The molecule has 1 saturated heterocycles. The van der Waals surface area contributed by atoms with E-state index in [1.54, 1.807) is 4.90 Å². The van der Waals surface area contributed by atoms with Crippen molar-refractivity contribution in [2.24, 2.45) is 0 Å². The predicted molar refractivity (Wildman–Crippen MR) is 71.3 cm³/mol. The molecule has 3 rings (SSSR count). The maximum absolute atomic E-state index is 12.3. The molecule has 4 heteroatoms. The van der Waals surface area contributed by atoms with E-state index in [0.717, 1.165) is 21.7 Å². The van der Waals surface area contributed by atoms with Gasteiger partial charge in [0.1, 0.15) is 0 Å². The molecule has 0 unspecified atom stereocenters. The molecular formula is C14H13NO2S. The van der Waals surface area contributed by atoms with E-state index in [2.05, 4.69) is 0 Å². The summed E-state index contributed by atoms with van der Waals surface area (Å²) >= 11 is 1.49. The molecule has 1 aliphatic heterocycles. The van der Waals surface area contributed by atoms with Crippen LogP contribution in [0.2, 0.25) is 0 Å². The van der Waals surface area contributed by atoms with Crippen LogP contribution in [-0.4, -0.2) is 28.9 Å². The molecule has 0 spiro atoms. The zero-order chi connectivity index (χ0) is 12.7. The molecule has 0 N–H and O–H groups in total. The van der Waals surface area contributed by atoms with Gasteiger partial charge in [-0.15, -0.1) is 0 Å². The van der Waals surface area contributed by atoms with Crippen LogP contribution in [0.4, 0.5) is 0 Å². The Kier molecular flexibility index (Phi) is 2.74. The number of ketones is 1. The van der Waals surface area contributed by atoms with Crippen LogP contribution in [0, 0.1) is 0 Å². The van der Waals surface area contributed by atoms with E-state index in [-0.39, 0.29) is 11.7 Å². The Labute approximate surface area is 110 Å². The molecule has 0 aromatic heterocycles. The van der Waals surface area contributed by atoms with Crippen LogP contribution in [0.3, 0.4) is 0 Å². The third-order valence-corrected chi connectivity index (χ3v) is 4.49. The van der Waals surface area contributed by atoms with Gasteiger partial charge in [0.15, 0.2) is 5.78 Å². The summed E-state index contributed by atoms with van der Waals surface area (Å²) in [5.74, 6) is 0.644. The van der Waals surface area contributed by atoms with Crippen molar-refractivity contribution in [3.63, 3.8) is 0 Å². The largest absolute Gasteiger partial charge is 0.306 e. The van der Waals surface area contributed by atoms with Crippen LogP contribution in [0.1, 0.15) is 22.8 Å². The minimum atomic E-state index is 0.0845. The number of thioether (sulfide) groups is 1. The Morgan fingerprint density at radius 2 is 2.06 bits per heavy atom. The van der Waals surface area contributed by atoms with E-state index in [1.807, 2.05) is 31.2 Å². The van der Waals surface area contributed by atoms with Gasteiger partial charge < -0.3 is 4.90 Å². The first-order valence-corrected chi connectivity index (χ1v) is 7.00. The monoisotopic (exact) mass is 259 g/mol. The van der Waals surface area contributed by atoms with Gasteiger partial charge in [-0.1, -0.05) is 36.0 Å². The smallest absolute Gasteiger partial charge is 0.237 e. The quantitative estimate of drug-likeness (QED) is 0.726. The van der Waals surface area contributed by atoms with Gasteiger partial charge in [0.05, 0.1) is 10.8 Å². The number of allylic oxidation sites excluding steroid dienone is 1. The van der Waals surface area contributed by atoms with Crippen molar-refractivity contribution in [3.8, 4) is 0 Å². The molecule has 1 amide bonds. The normalized spacial score (nSPS) is 22.8. The highest BCUT2D eigenvalue weighted by Gasteiger charge is 2.34. The molecule has 3 nitrogen and oxygen atoms in total. The number of fused-ring (bicyclic) bond motifs is 1. The Balaban J connectivity index is 2.06. The van der Waals surface area contributed by atoms with Crippen molar-refractivity contribution in [1.82, 2.24) is 4.90 Å². The summed E-state index contributed by atoms with van der Waals surface area (Å²) in [4.78, 5) is 25.8. The number of rotatable bonds is 1. The van der Waals surface area contributed by atoms with Gasteiger partial charge in [-0.3, -0.25) is 9.59 Å². The van der Waals surface area contributed by atoms with E-state index in [1.165, 1.54) is 11.8 Å². The number of carbonyl (C=O) groups excluding carboxylic acids is 2. The summed E-state index contributed by atoms with van der Waals surface area (Å²) in [6.45, 7) is 2.57. The maximum Gasteiger partial charge on any atom is 0.237 e. The lowest BCUT2D eigenvalue weighted by Crippen LogP contribution is -2.25. The Hall–Kier alpha value is -1.55. The highest BCUT2D eigenvalue weighted by molar-refractivity contribution is 8.04. The molecular weight excluding hydrogens is 246 g/mol. The Bertz CT molecular complexity index is 577. The lowest BCUT2D eigenvalue weighted by molar-refractivity contribution is -0.125. The fraction of sp³-hybridized carbons (Fsp3) is 0.286. The highest BCUT2D eigenvalue weighted by atomic mass is 32.2. The highest BCUT2D eigenvalue weighted by Crippen LogP contribution is 2.37. The summed E-state index contributed by atoms with van der Waals surface area (Å²) in [5.41, 5.74) is 2.64. The molecule has 1 heterocycles. The molecule has 1 aromatic carbocycles. The van der Waals surface area contributed by atoms with Gasteiger partial charge in [-0.25, -0.2) is 0 Å². The van der Waals surface area contributed by atoms with Crippen molar-refractivity contribution in [3.05, 3.63) is 46.0 Å². The zero-order valence-electron chi connectivity index (χ0n) is 10.1. The fourth-order valence-electron chi connectivity index (χ4n) is 2.47. The van der Waals surface area contributed by atoms with Crippen molar-refractivity contribution in [2.75, 3.05) is 12.3 Å². The molecule has 18 heavy (non-hydrogen) atoms. The zero-order valence-corrected chi connectivity index (χ0v) is 10.9. The van der Waals surface area contributed by atoms with Crippen LogP contribution >= 0.6 is 11.8 Å². The summed E-state index contributed by atoms with van der Waals surface area (Å²) in [6.07, 6.45) is 0.654. The van der Waals surface area contributed by atoms with Crippen LogP contribution in [0.15, 0.2) is 34.9 Å². The van der Waals surface area contributed by atoms with Crippen molar-refractivity contribution < 1.29 is 9.59 Å². The lowest BCUT2D eigenvalue weighted by atomic mass is 10.1. The molecule has 0 saturated carbocycles. The van der Waals surface area contributed by atoms with E-state index in [0.29, 0.717) is 18.7 Å². The number of amides is 1. The minimum Gasteiger partial charge on any atom is -0.306 e. The molecule has 2 aliphatic rings. The van der Waals surface area contributed by atoms with Crippen LogP contribution < -0.4 is 0 Å². The molecule has 1 aliphatic carbocycles. The molecule has 1 aromatic rings. The number of Topliss-reactive ketones (excluding diaryl/α,β-unsaturated/α-hetero) is 1. The molecule has 1 fully saturated rings. The third-order valence-electron chi connectivity index (χ3n) is 3.36. The van der Waals surface area contributed by atoms with Gasteiger partial charge >= 0.3 is 0 Å².